The summed E-state index contributed by atoms with van der Waals surface area (Å²) in [5.41, 5.74) is 2.09. The van der Waals surface area contributed by atoms with E-state index in [9.17, 15) is 15.0 Å². The van der Waals surface area contributed by atoms with Crippen LogP contribution in [-0.4, -0.2) is 31.7 Å². The Morgan fingerprint density at radius 1 is 1.00 bits per heavy atom. The molecular formula is C27H28N2O3. The molecule has 0 bridgehead atoms. The number of aliphatic hydroxyl groups excluding tert-OH is 1. The number of aryl methyl sites for hydroxylation is 1. The van der Waals surface area contributed by atoms with Crippen molar-refractivity contribution in [2.24, 2.45) is 0 Å². The summed E-state index contributed by atoms with van der Waals surface area (Å²) in [7, 11) is 0. The molecule has 2 N–H and O–H groups in total. The van der Waals surface area contributed by atoms with E-state index in [1.54, 1.807) is 19.1 Å². The fourth-order valence-corrected chi connectivity index (χ4v) is 4.17. The second kappa shape index (κ2) is 9.07. The summed E-state index contributed by atoms with van der Waals surface area (Å²) in [4.78, 5) is 17.5. The first-order valence-corrected chi connectivity index (χ1v) is 11.0. The summed E-state index contributed by atoms with van der Waals surface area (Å²) in [6, 6.07) is 24.5. The number of aromatic nitrogens is 2. The fourth-order valence-electron chi connectivity index (χ4n) is 4.17. The van der Waals surface area contributed by atoms with E-state index in [-0.39, 0.29) is 12.2 Å². The molecule has 0 amide bonds. The second-order valence-corrected chi connectivity index (χ2v) is 8.14. The molecule has 5 nitrogen and oxygen atoms in total. The van der Waals surface area contributed by atoms with Crippen LogP contribution in [0.15, 0.2) is 78.9 Å². The van der Waals surface area contributed by atoms with E-state index >= 15 is 0 Å². The van der Waals surface area contributed by atoms with Crippen LogP contribution in [0.4, 0.5) is 0 Å². The predicted molar refractivity (Wildman–Crippen MR) is 126 cm³/mol. The fraction of sp³-hybridized carbons (Fsp3) is 0.259. The van der Waals surface area contributed by atoms with Crippen molar-refractivity contribution >= 4 is 16.8 Å². The molecule has 0 aliphatic rings. The van der Waals surface area contributed by atoms with Crippen LogP contribution in [0.1, 0.15) is 54.0 Å². The molecule has 164 valence electrons. The Morgan fingerprint density at radius 2 is 1.59 bits per heavy atom. The van der Waals surface area contributed by atoms with Gasteiger partial charge in [-0.3, -0.25) is 4.79 Å². The van der Waals surface area contributed by atoms with Crippen molar-refractivity contribution < 1.29 is 15.0 Å². The molecule has 5 heteroatoms. The molecule has 4 aromatic rings. The molecule has 0 fully saturated rings. The maximum absolute atomic E-state index is 12.6. The van der Waals surface area contributed by atoms with E-state index in [1.807, 2.05) is 78.2 Å². The third kappa shape index (κ3) is 3.97. The van der Waals surface area contributed by atoms with Crippen molar-refractivity contribution in [2.45, 2.75) is 44.9 Å². The average molecular weight is 429 g/mol. The number of aliphatic hydroxyl groups is 2. The normalized spacial score (nSPS) is 12.8. The number of carbonyl (C=O) groups excluding carboxylic acids is 1. The van der Waals surface area contributed by atoms with Gasteiger partial charge >= 0.3 is 0 Å². The highest BCUT2D eigenvalue weighted by Crippen LogP contribution is 2.37. The molecule has 0 saturated heterocycles. The highest BCUT2D eigenvalue weighted by atomic mass is 16.3. The van der Waals surface area contributed by atoms with Gasteiger partial charge in [-0.25, -0.2) is 4.98 Å². The van der Waals surface area contributed by atoms with Crippen molar-refractivity contribution in [2.75, 3.05) is 0 Å². The van der Waals surface area contributed by atoms with Crippen LogP contribution in [0.3, 0.4) is 0 Å². The molecule has 0 unspecified atom stereocenters. The Balaban J connectivity index is 1.88. The molecule has 1 atom stereocenters. The first kappa shape index (κ1) is 21.9. The lowest BCUT2D eigenvalue weighted by Gasteiger charge is -2.29. The summed E-state index contributed by atoms with van der Waals surface area (Å²) in [5.74, 6) is 0.489. The quantitative estimate of drug-likeness (QED) is 0.400. The predicted octanol–water partition coefficient (Wildman–Crippen LogP) is 4.68. The number of hydrogen-bond donors (Lipinski definition) is 2. The average Bonchev–Trinajstić information content (AvgIpc) is 3.21. The van der Waals surface area contributed by atoms with Crippen molar-refractivity contribution in [3.8, 4) is 0 Å². The molecule has 0 radical (unpaired) electrons. The van der Waals surface area contributed by atoms with Gasteiger partial charge in [0, 0.05) is 18.5 Å². The Labute approximate surface area is 188 Å². The minimum Gasteiger partial charge on any atom is -0.393 e. The van der Waals surface area contributed by atoms with Crippen molar-refractivity contribution in [1.29, 1.82) is 0 Å². The number of rotatable bonds is 8. The number of fused-ring (bicyclic) bond motifs is 1. The monoisotopic (exact) mass is 428 g/mol. The van der Waals surface area contributed by atoms with Crippen LogP contribution in [0.2, 0.25) is 0 Å². The second-order valence-electron chi connectivity index (χ2n) is 8.14. The van der Waals surface area contributed by atoms with Crippen LogP contribution < -0.4 is 0 Å². The van der Waals surface area contributed by atoms with E-state index in [0.29, 0.717) is 29.9 Å². The van der Waals surface area contributed by atoms with Crippen LogP contribution >= 0.6 is 0 Å². The Hall–Kier alpha value is -3.28. The van der Waals surface area contributed by atoms with Gasteiger partial charge in [0.2, 0.25) is 0 Å². The molecule has 1 aromatic heterocycles. The zero-order valence-electron chi connectivity index (χ0n) is 18.4. The van der Waals surface area contributed by atoms with Gasteiger partial charge in [-0.05, 0) is 49.6 Å². The molecule has 0 aliphatic heterocycles. The Bertz CT molecular complexity index is 1170. The van der Waals surface area contributed by atoms with Gasteiger partial charge in [0.1, 0.15) is 0 Å². The molecule has 0 saturated carbocycles. The van der Waals surface area contributed by atoms with Gasteiger partial charge in [-0.15, -0.1) is 0 Å². The molecule has 0 spiro atoms. The molecule has 1 heterocycles. The van der Waals surface area contributed by atoms with Gasteiger partial charge in [0.15, 0.2) is 17.2 Å². The third-order valence-corrected chi connectivity index (χ3v) is 5.88. The summed E-state index contributed by atoms with van der Waals surface area (Å²) in [6.45, 7) is 4.31. The number of nitrogens with zero attached hydrogens (tertiary/aromatic N) is 2. The third-order valence-electron chi connectivity index (χ3n) is 5.88. The highest BCUT2D eigenvalue weighted by molar-refractivity contribution is 5.99. The number of benzene rings is 3. The highest BCUT2D eigenvalue weighted by Gasteiger charge is 2.38. The molecule has 0 aliphatic carbocycles. The zero-order chi connectivity index (χ0) is 22.7. The number of imidazole rings is 1. The summed E-state index contributed by atoms with van der Waals surface area (Å²) in [6.07, 6.45) is 0.191. The number of carbonyl (C=O) groups is 1. The maximum atomic E-state index is 12.6. The van der Waals surface area contributed by atoms with Crippen LogP contribution in [-0.2, 0) is 12.1 Å². The first-order valence-electron chi connectivity index (χ1n) is 11.0. The minimum atomic E-state index is -1.45. The summed E-state index contributed by atoms with van der Waals surface area (Å²) in [5, 5.41) is 21.7. The molecular weight excluding hydrogens is 400 g/mol. The molecule has 4 rings (SSSR count). The number of ketones is 1. The van der Waals surface area contributed by atoms with Crippen molar-refractivity contribution in [3.63, 3.8) is 0 Å². The smallest absolute Gasteiger partial charge is 0.173 e. The van der Waals surface area contributed by atoms with Crippen LogP contribution in [0.5, 0.6) is 0 Å². The SMILES string of the molecule is CCn1c(C(O)(c2ccccc2)c2ccccc2)nc2cc(C(=O)CC[C@H](C)O)ccc21. The molecule has 32 heavy (non-hydrogen) atoms. The van der Waals surface area contributed by atoms with Crippen molar-refractivity contribution in [3.05, 3.63) is 101 Å². The lowest BCUT2D eigenvalue weighted by molar-refractivity contribution is 0.0949. The first-order chi connectivity index (χ1) is 15.4. The summed E-state index contributed by atoms with van der Waals surface area (Å²) >= 11 is 0. The van der Waals surface area contributed by atoms with Gasteiger partial charge in [-0.2, -0.15) is 0 Å². The number of Topliss-reactive ketones (excluding diaryl/α,β-unsaturated/α-hetero) is 1. The number of hydrogen-bond acceptors (Lipinski definition) is 4. The van der Waals surface area contributed by atoms with Crippen LogP contribution in [0.25, 0.3) is 11.0 Å². The molecule has 3 aromatic carbocycles. The lowest BCUT2D eigenvalue weighted by Crippen LogP contribution is -2.32. The summed E-state index contributed by atoms with van der Waals surface area (Å²) < 4.78 is 2.00. The van der Waals surface area contributed by atoms with Gasteiger partial charge in [-0.1, -0.05) is 60.7 Å². The van der Waals surface area contributed by atoms with Crippen molar-refractivity contribution in [1.82, 2.24) is 9.55 Å². The van der Waals surface area contributed by atoms with Gasteiger partial charge < -0.3 is 14.8 Å². The standard InChI is InChI=1S/C27H28N2O3/c1-3-29-24-16-15-20(25(31)17-14-19(2)30)18-23(24)28-26(29)27(32,21-10-6-4-7-11-21)22-12-8-5-9-13-22/h4-13,15-16,18-19,30,32H,3,14,17H2,1-2H3/t19-/m0/s1. The van der Waals surface area contributed by atoms with Gasteiger partial charge in [0.25, 0.3) is 0 Å². The van der Waals surface area contributed by atoms with Crippen LogP contribution in [0, 0.1) is 0 Å². The Morgan fingerprint density at radius 3 is 2.12 bits per heavy atom. The minimum absolute atomic E-state index is 0.0261. The van der Waals surface area contributed by atoms with E-state index < -0.39 is 11.7 Å². The lowest BCUT2D eigenvalue weighted by atomic mass is 9.85. The zero-order valence-corrected chi connectivity index (χ0v) is 18.4. The maximum Gasteiger partial charge on any atom is 0.173 e. The van der Waals surface area contributed by atoms with E-state index in [2.05, 4.69) is 0 Å². The van der Waals surface area contributed by atoms with Gasteiger partial charge in [0.05, 0.1) is 17.1 Å². The van der Waals surface area contributed by atoms with E-state index in [1.165, 1.54) is 0 Å². The topological polar surface area (TPSA) is 75.3 Å². The Kier molecular flexibility index (Phi) is 6.21. The largest absolute Gasteiger partial charge is 0.393 e. The van der Waals surface area contributed by atoms with E-state index in [0.717, 1.165) is 16.6 Å². The van der Waals surface area contributed by atoms with E-state index in [4.69, 9.17) is 4.98 Å².